The quantitative estimate of drug-likeness (QED) is 0.519. The number of anilines is 2. The molecule has 29 heavy (non-hydrogen) atoms. The molecule has 1 saturated carbocycles. The number of carbonyl (C=O) groups is 1. The van der Waals surface area contributed by atoms with E-state index in [4.69, 9.17) is 0 Å². The van der Waals surface area contributed by atoms with Crippen LogP contribution in [0.2, 0.25) is 0 Å². The summed E-state index contributed by atoms with van der Waals surface area (Å²) in [4.78, 5) is 15.4. The molecule has 160 valence electrons. The minimum atomic E-state index is -0.353. The molecular weight excluding hydrogens is 363 g/mol. The SMILES string of the molecule is CC.CC(=O)c1ccncc1Nc1ccc(C)cc1F.CCCC1CCCCC1. The van der Waals surface area contributed by atoms with Crippen LogP contribution in [0.25, 0.3) is 0 Å². The molecule has 1 fully saturated rings. The molecule has 0 atom stereocenters. The largest absolute Gasteiger partial charge is 0.351 e. The van der Waals surface area contributed by atoms with Crippen LogP contribution in [0.3, 0.4) is 0 Å². The monoisotopic (exact) mass is 400 g/mol. The van der Waals surface area contributed by atoms with Crippen LogP contribution < -0.4 is 5.32 Å². The molecule has 1 aromatic carbocycles. The number of pyridine rings is 1. The fraction of sp³-hybridized carbons (Fsp3) is 0.520. The lowest BCUT2D eigenvalue weighted by Gasteiger charge is -2.20. The second-order valence-electron chi connectivity index (χ2n) is 7.38. The maximum absolute atomic E-state index is 13.7. The first-order chi connectivity index (χ1) is 14.0. The Morgan fingerprint density at radius 1 is 1.14 bits per heavy atom. The van der Waals surface area contributed by atoms with E-state index in [-0.39, 0.29) is 11.6 Å². The average Bonchev–Trinajstić information content (AvgIpc) is 2.73. The van der Waals surface area contributed by atoms with Crippen LogP contribution in [0.4, 0.5) is 15.8 Å². The highest BCUT2D eigenvalue weighted by atomic mass is 19.1. The highest BCUT2D eigenvalue weighted by Crippen LogP contribution is 2.27. The molecule has 0 aliphatic heterocycles. The molecule has 0 spiro atoms. The van der Waals surface area contributed by atoms with E-state index in [9.17, 15) is 9.18 Å². The Labute approximate surface area is 176 Å². The molecule has 0 radical (unpaired) electrons. The molecule has 3 nitrogen and oxygen atoms in total. The Morgan fingerprint density at radius 3 is 2.41 bits per heavy atom. The van der Waals surface area contributed by atoms with Crippen LogP contribution in [0.5, 0.6) is 0 Å². The third-order valence-electron chi connectivity index (χ3n) is 5.02. The zero-order valence-electron chi connectivity index (χ0n) is 18.7. The number of halogens is 1. The van der Waals surface area contributed by atoms with Crippen molar-refractivity contribution >= 4 is 17.2 Å². The van der Waals surface area contributed by atoms with Gasteiger partial charge in [-0.05, 0) is 43.5 Å². The number of nitrogens with zero attached hydrogens (tertiary/aromatic N) is 1. The first-order valence-electron chi connectivity index (χ1n) is 11.0. The summed E-state index contributed by atoms with van der Waals surface area (Å²) < 4.78 is 13.7. The Hall–Kier alpha value is -2.23. The Bertz CT molecular complexity index is 737. The summed E-state index contributed by atoms with van der Waals surface area (Å²) in [5.41, 5.74) is 2.17. The molecule has 1 aliphatic rings. The van der Waals surface area contributed by atoms with Crippen molar-refractivity contribution in [3.63, 3.8) is 0 Å². The Morgan fingerprint density at radius 2 is 1.83 bits per heavy atom. The normalized spacial score (nSPS) is 13.4. The first kappa shape index (κ1) is 24.8. The number of Topliss-reactive ketones (excluding diaryl/α,β-unsaturated/α-hetero) is 1. The van der Waals surface area contributed by atoms with Crippen LogP contribution in [0.1, 0.15) is 88.6 Å². The molecule has 0 saturated heterocycles. The summed E-state index contributed by atoms with van der Waals surface area (Å²) in [6.45, 7) is 9.58. The highest BCUT2D eigenvalue weighted by Gasteiger charge is 2.11. The predicted molar refractivity (Wildman–Crippen MR) is 121 cm³/mol. The van der Waals surface area contributed by atoms with Gasteiger partial charge in [-0.25, -0.2) is 4.39 Å². The molecule has 0 bridgehead atoms. The standard InChI is InChI=1S/C14H13FN2O.C9H18.C2H6/c1-9-3-4-13(12(15)7-9)17-14-8-16-6-5-11(14)10(2)18;1-2-6-9-7-4-3-5-8-9;1-2/h3-8,17H,1-2H3;9H,2-8H2,1H3;1-2H3. The van der Waals surface area contributed by atoms with Gasteiger partial charge in [0.15, 0.2) is 5.78 Å². The number of hydrogen-bond acceptors (Lipinski definition) is 3. The van der Waals surface area contributed by atoms with Gasteiger partial charge in [0.05, 0.1) is 17.6 Å². The van der Waals surface area contributed by atoms with E-state index in [0.717, 1.165) is 11.5 Å². The van der Waals surface area contributed by atoms with E-state index in [0.29, 0.717) is 16.9 Å². The fourth-order valence-corrected chi connectivity index (χ4v) is 3.55. The zero-order chi connectivity index (χ0) is 21.6. The Balaban J connectivity index is 0.000000321. The molecule has 0 unspecified atom stereocenters. The van der Waals surface area contributed by atoms with Crippen molar-refractivity contribution in [2.75, 3.05) is 5.32 Å². The number of carbonyl (C=O) groups excluding carboxylic acids is 1. The van der Waals surface area contributed by atoms with Gasteiger partial charge in [-0.15, -0.1) is 0 Å². The topological polar surface area (TPSA) is 42.0 Å². The van der Waals surface area contributed by atoms with Gasteiger partial charge in [-0.1, -0.05) is 71.8 Å². The van der Waals surface area contributed by atoms with Crippen molar-refractivity contribution in [3.8, 4) is 0 Å². The van der Waals surface area contributed by atoms with Crippen LogP contribution in [0, 0.1) is 18.7 Å². The number of aromatic nitrogens is 1. The van der Waals surface area contributed by atoms with Gasteiger partial charge >= 0.3 is 0 Å². The lowest BCUT2D eigenvalue weighted by atomic mass is 9.86. The molecule has 2 aromatic rings. The van der Waals surface area contributed by atoms with Gasteiger partial charge in [-0.2, -0.15) is 0 Å². The number of aryl methyl sites for hydroxylation is 1. The third-order valence-corrected chi connectivity index (χ3v) is 5.02. The lowest BCUT2D eigenvalue weighted by Crippen LogP contribution is -2.04. The van der Waals surface area contributed by atoms with Crippen molar-refractivity contribution < 1.29 is 9.18 Å². The van der Waals surface area contributed by atoms with Crippen molar-refractivity contribution in [3.05, 3.63) is 53.6 Å². The lowest BCUT2D eigenvalue weighted by molar-refractivity contribution is 0.101. The highest BCUT2D eigenvalue weighted by molar-refractivity contribution is 5.99. The molecule has 0 amide bonds. The number of nitrogens with one attached hydrogen (secondary N) is 1. The van der Waals surface area contributed by atoms with Crippen molar-refractivity contribution in [1.29, 1.82) is 0 Å². The van der Waals surface area contributed by atoms with Gasteiger partial charge in [0, 0.05) is 11.8 Å². The summed E-state index contributed by atoms with van der Waals surface area (Å²) in [7, 11) is 0. The van der Waals surface area contributed by atoms with E-state index in [1.165, 1.54) is 70.3 Å². The number of rotatable bonds is 5. The van der Waals surface area contributed by atoms with Crippen molar-refractivity contribution in [1.82, 2.24) is 4.98 Å². The van der Waals surface area contributed by atoms with Crippen LogP contribution >= 0.6 is 0 Å². The molecular formula is C25H37FN2O. The van der Waals surface area contributed by atoms with Gasteiger partial charge in [0.2, 0.25) is 0 Å². The third kappa shape index (κ3) is 8.76. The minimum Gasteiger partial charge on any atom is -0.351 e. The minimum absolute atomic E-state index is 0.0904. The first-order valence-corrected chi connectivity index (χ1v) is 11.0. The summed E-state index contributed by atoms with van der Waals surface area (Å²) >= 11 is 0. The summed E-state index contributed by atoms with van der Waals surface area (Å²) in [5.74, 6) is 0.657. The van der Waals surface area contributed by atoms with Crippen molar-refractivity contribution in [2.24, 2.45) is 5.92 Å². The summed E-state index contributed by atoms with van der Waals surface area (Å²) in [6.07, 6.45) is 13.5. The molecule has 1 heterocycles. The molecule has 4 heteroatoms. The molecule has 3 rings (SSSR count). The summed E-state index contributed by atoms with van der Waals surface area (Å²) in [5, 5.41) is 2.89. The van der Waals surface area contributed by atoms with E-state index < -0.39 is 0 Å². The number of benzene rings is 1. The molecule has 1 aliphatic carbocycles. The van der Waals surface area contributed by atoms with E-state index >= 15 is 0 Å². The maximum atomic E-state index is 13.7. The van der Waals surface area contributed by atoms with Crippen LogP contribution in [-0.4, -0.2) is 10.8 Å². The Kier molecular flexibility index (Phi) is 11.9. The van der Waals surface area contributed by atoms with E-state index in [1.807, 2.05) is 20.8 Å². The van der Waals surface area contributed by atoms with Crippen LogP contribution in [0.15, 0.2) is 36.7 Å². The predicted octanol–water partition coefficient (Wildman–Crippen LogP) is 7.87. The molecule has 1 N–H and O–H groups in total. The summed E-state index contributed by atoms with van der Waals surface area (Å²) in [6, 6.07) is 6.49. The van der Waals surface area contributed by atoms with Gasteiger partial charge in [0.25, 0.3) is 0 Å². The fourth-order valence-electron chi connectivity index (χ4n) is 3.55. The number of hydrogen-bond donors (Lipinski definition) is 1. The van der Waals surface area contributed by atoms with E-state index in [1.54, 1.807) is 18.2 Å². The second-order valence-corrected chi connectivity index (χ2v) is 7.38. The second kappa shape index (κ2) is 13.9. The maximum Gasteiger partial charge on any atom is 0.162 e. The zero-order valence-corrected chi connectivity index (χ0v) is 18.7. The number of ketones is 1. The average molecular weight is 401 g/mol. The van der Waals surface area contributed by atoms with Gasteiger partial charge in [0.1, 0.15) is 5.82 Å². The molecule has 1 aromatic heterocycles. The van der Waals surface area contributed by atoms with Gasteiger partial charge < -0.3 is 5.32 Å². The van der Waals surface area contributed by atoms with Gasteiger partial charge in [-0.3, -0.25) is 9.78 Å². The van der Waals surface area contributed by atoms with Crippen LogP contribution in [-0.2, 0) is 0 Å². The van der Waals surface area contributed by atoms with Crippen molar-refractivity contribution in [2.45, 2.75) is 79.6 Å². The smallest absolute Gasteiger partial charge is 0.162 e. The van der Waals surface area contributed by atoms with E-state index in [2.05, 4.69) is 17.2 Å².